The van der Waals surface area contributed by atoms with E-state index < -0.39 is 34.6 Å². The zero-order valence-electron chi connectivity index (χ0n) is 7.36. The first-order chi connectivity index (χ1) is 7.27. The van der Waals surface area contributed by atoms with Gasteiger partial charge in [-0.1, -0.05) is 11.6 Å². The van der Waals surface area contributed by atoms with Gasteiger partial charge in [-0.05, 0) is 6.07 Å². The second kappa shape index (κ2) is 4.32. The quantitative estimate of drug-likeness (QED) is 0.462. The monoisotopic (exact) mass is 259 g/mol. The molecule has 1 rings (SSSR count). The van der Waals surface area contributed by atoms with Crippen LogP contribution in [0.25, 0.3) is 0 Å². The van der Waals surface area contributed by atoms with E-state index in [0.717, 1.165) is 0 Å². The van der Waals surface area contributed by atoms with E-state index in [0.29, 0.717) is 0 Å². The molecule has 0 atom stereocenters. The van der Waals surface area contributed by atoms with Gasteiger partial charge >= 0.3 is 6.18 Å². The van der Waals surface area contributed by atoms with Crippen LogP contribution in [0.5, 0.6) is 0 Å². The van der Waals surface area contributed by atoms with Gasteiger partial charge < -0.3 is 0 Å². The average molecular weight is 260 g/mol. The number of hydrogen-bond acceptors (Lipinski definition) is 2. The van der Waals surface area contributed by atoms with Crippen LogP contribution in [0.15, 0.2) is 6.07 Å². The third-order valence-corrected chi connectivity index (χ3v) is 1.97. The van der Waals surface area contributed by atoms with Crippen molar-refractivity contribution in [2.75, 3.05) is 0 Å². The van der Waals surface area contributed by atoms with Gasteiger partial charge in [0.1, 0.15) is 10.8 Å². The third kappa shape index (κ3) is 2.46. The Labute approximate surface area is 91.0 Å². The summed E-state index contributed by atoms with van der Waals surface area (Å²) < 4.78 is 61.3. The molecule has 0 unspecified atom stereocenters. The van der Waals surface area contributed by atoms with Crippen molar-refractivity contribution in [3.8, 4) is 0 Å². The van der Waals surface area contributed by atoms with Crippen molar-refractivity contribution in [1.29, 1.82) is 0 Å². The summed E-state index contributed by atoms with van der Waals surface area (Å²) in [6, 6.07) is 0.236. The van der Waals surface area contributed by atoms with Crippen molar-refractivity contribution in [2.24, 2.45) is 0 Å². The molecule has 0 spiro atoms. The van der Waals surface area contributed by atoms with Crippen LogP contribution >= 0.6 is 11.6 Å². The van der Waals surface area contributed by atoms with Crippen LogP contribution in [-0.2, 0) is 6.18 Å². The summed E-state index contributed by atoms with van der Waals surface area (Å²) in [5.41, 5.74) is -3.30. The van der Waals surface area contributed by atoms with Gasteiger partial charge in [0.15, 0.2) is 6.29 Å². The Morgan fingerprint density at radius 2 is 1.94 bits per heavy atom. The molecule has 0 saturated carbocycles. The maximum Gasteiger partial charge on any atom is 0.433 e. The molecule has 1 aromatic rings. The highest BCUT2D eigenvalue weighted by atomic mass is 35.5. The number of carbonyl (C=O) groups excluding carboxylic acids is 1. The van der Waals surface area contributed by atoms with E-state index in [9.17, 15) is 26.7 Å². The highest BCUT2D eigenvalue weighted by molar-refractivity contribution is 6.30. The van der Waals surface area contributed by atoms with Gasteiger partial charge in [0.25, 0.3) is 6.43 Å². The minimum atomic E-state index is -4.85. The Hall–Kier alpha value is -1.24. The molecule has 2 nitrogen and oxygen atoms in total. The van der Waals surface area contributed by atoms with Crippen molar-refractivity contribution < 1.29 is 26.7 Å². The van der Waals surface area contributed by atoms with Crippen molar-refractivity contribution in [2.45, 2.75) is 12.6 Å². The molecular formula is C8H3ClF5NO. The maximum atomic E-state index is 12.3. The number of aldehydes is 1. The Bertz CT molecular complexity index is 418. The number of halogens is 6. The molecule has 0 fully saturated rings. The lowest BCUT2D eigenvalue weighted by atomic mass is 10.1. The minimum absolute atomic E-state index is 0.121. The summed E-state index contributed by atoms with van der Waals surface area (Å²) in [5.74, 6) is 0. The van der Waals surface area contributed by atoms with Crippen molar-refractivity contribution in [3.05, 3.63) is 28.0 Å². The first kappa shape index (κ1) is 12.8. The zero-order chi connectivity index (χ0) is 12.5. The fraction of sp³-hybridized carbons (Fsp3) is 0.250. The Balaban J connectivity index is 3.44. The predicted octanol–water partition coefficient (Wildman–Crippen LogP) is 3.50. The van der Waals surface area contributed by atoms with Crippen molar-refractivity contribution >= 4 is 17.9 Å². The Morgan fingerprint density at radius 3 is 2.31 bits per heavy atom. The van der Waals surface area contributed by atoms with Gasteiger partial charge in [-0.15, -0.1) is 0 Å². The van der Waals surface area contributed by atoms with Crippen molar-refractivity contribution in [3.63, 3.8) is 0 Å². The number of rotatable bonds is 2. The van der Waals surface area contributed by atoms with Crippen LogP contribution in [-0.4, -0.2) is 11.3 Å². The lowest BCUT2D eigenvalue weighted by Crippen LogP contribution is -2.11. The molecule has 0 aliphatic rings. The highest BCUT2D eigenvalue weighted by Gasteiger charge is 2.35. The number of aromatic nitrogens is 1. The van der Waals surface area contributed by atoms with Crippen LogP contribution in [0.3, 0.4) is 0 Å². The number of alkyl halides is 5. The molecule has 16 heavy (non-hydrogen) atoms. The Kier molecular flexibility index (Phi) is 3.47. The summed E-state index contributed by atoms with van der Waals surface area (Å²) in [5, 5.41) is -1.02. The standard InChI is InChI=1S/C8H3ClF5NO/c9-6-5(7(10)11)3(2-16)1-4(15-6)8(12,13)14/h1-2,7H. The largest absolute Gasteiger partial charge is 0.433 e. The highest BCUT2D eigenvalue weighted by Crippen LogP contribution is 2.34. The average Bonchev–Trinajstić information content (AvgIpc) is 2.14. The number of carbonyl (C=O) groups is 1. The molecule has 0 saturated heterocycles. The molecule has 0 amide bonds. The fourth-order valence-corrected chi connectivity index (χ4v) is 1.28. The van der Waals surface area contributed by atoms with Crippen LogP contribution in [0, 0.1) is 0 Å². The van der Waals surface area contributed by atoms with E-state index in [4.69, 9.17) is 11.6 Å². The second-order valence-corrected chi connectivity index (χ2v) is 3.08. The van der Waals surface area contributed by atoms with E-state index in [1.807, 2.05) is 0 Å². The molecule has 1 aromatic heterocycles. The first-order valence-corrected chi connectivity index (χ1v) is 4.16. The normalized spacial score (nSPS) is 11.9. The number of hydrogen-bond donors (Lipinski definition) is 0. The molecule has 88 valence electrons. The SMILES string of the molecule is O=Cc1cc(C(F)(F)F)nc(Cl)c1C(F)F. The van der Waals surface area contributed by atoms with E-state index in [1.54, 1.807) is 0 Å². The molecule has 0 aromatic carbocycles. The summed E-state index contributed by atoms with van der Waals surface area (Å²) in [7, 11) is 0. The van der Waals surface area contributed by atoms with Gasteiger partial charge in [-0.3, -0.25) is 4.79 Å². The van der Waals surface area contributed by atoms with Gasteiger partial charge in [0, 0.05) is 5.56 Å². The molecule has 0 aliphatic carbocycles. The lowest BCUT2D eigenvalue weighted by Gasteiger charge is -2.10. The first-order valence-electron chi connectivity index (χ1n) is 3.78. The molecule has 0 N–H and O–H groups in total. The fourth-order valence-electron chi connectivity index (χ4n) is 1.00. The van der Waals surface area contributed by atoms with E-state index in [2.05, 4.69) is 4.98 Å². The summed E-state index contributed by atoms with van der Waals surface area (Å²) in [6.07, 6.45) is -8.13. The van der Waals surface area contributed by atoms with E-state index in [1.165, 1.54) is 0 Å². The molecule has 8 heteroatoms. The van der Waals surface area contributed by atoms with Crippen LogP contribution < -0.4 is 0 Å². The molecule has 0 aliphatic heterocycles. The summed E-state index contributed by atoms with van der Waals surface area (Å²) in [4.78, 5) is 13.2. The maximum absolute atomic E-state index is 12.3. The van der Waals surface area contributed by atoms with Crippen molar-refractivity contribution in [1.82, 2.24) is 4.98 Å². The lowest BCUT2D eigenvalue weighted by molar-refractivity contribution is -0.141. The molecule has 1 heterocycles. The van der Waals surface area contributed by atoms with Gasteiger partial charge in [-0.25, -0.2) is 13.8 Å². The molecular weight excluding hydrogens is 257 g/mol. The van der Waals surface area contributed by atoms with Crippen LogP contribution in [0.1, 0.15) is 28.0 Å². The smallest absolute Gasteiger partial charge is 0.298 e. The predicted molar refractivity (Wildman–Crippen MR) is 44.6 cm³/mol. The number of nitrogens with zero attached hydrogens (tertiary/aromatic N) is 1. The van der Waals surface area contributed by atoms with E-state index >= 15 is 0 Å². The number of pyridine rings is 1. The van der Waals surface area contributed by atoms with Crippen LogP contribution in [0.2, 0.25) is 5.15 Å². The topological polar surface area (TPSA) is 30.0 Å². The summed E-state index contributed by atoms with van der Waals surface area (Å²) in [6.45, 7) is 0. The Morgan fingerprint density at radius 1 is 1.38 bits per heavy atom. The van der Waals surface area contributed by atoms with E-state index in [-0.39, 0.29) is 12.4 Å². The van der Waals surface area contributed by atoms with Crippen LogP contribution in [0.4, 0.5) is 22.0 Å². The molecule has 0 bridgehead atoms. The van der Waals surface area contributed by atoms with Gasteiger partial charge in [-0.2, -0.15) is 13.2 Å². The second-order valence-electron chi connectivity index (χ2n) is 2.72. The molecule has 0 radical (unpaired) electrons. The zero-order valence-corrected chi connectivity index (χ0v) is 8.11. The third-order valence-electron chi connectivity index (χ3n) is 1.68. The summed E-state index contributed by atoms with van der Waals surface area (Å²) >= 11 is 5.16. The van der Waals surface area contributed by atoms with Gasteiger partial charge in [0.2, 0.25) is 0 Å². The minimum Gasteiger partial charge on any atom is -0.298 e. The van der Waals surface area contributed by atoms with Gasteiger partial charge in [0.05, 0.1) is 5.56 Å².